The van der Waals surface area contributed by atoms with E-state index in [4.69, 9.17) is 4.52 Å². The molecule has 0 amide bonds. The summed E-state index contributed by atoms with van der Waals surface area (Å²) in [6.07, 6.45) is 3.49. The predicted molar refractivity (Wildman–Crippen MR) is 95.7 cm³/mol. The van der Waals surface area contributed by atoms with Crippen molar-refractivity contribution >= 4 is 11.8 Å². The molecule has 0 saturated heterocycles. The lowest BCUT2D eigenvalue weighted by Gasteiger charge is -2.02. The van der Waals surface area contributed by atoms with Crippen LogP contribution in [0.25, 0.3) is 22.7 Å². The molecular weight excluding hydrogens is 334 g/mol. The molecule has 0 N–H and O–H groups in total. The van der Waals surface area contributed by atoms with Crippen molar-refractivity contribution in [2.24, 2.45) is 7.05 Å². The number of aromatic nitrogens is 5. The average molecular weight is 349 g/mol. The van der Waals surface area contributed by atoms with Crippen molar-refractivity contribution in [2.45, 2.75) is 10.9 Å². The zero-order chi connectivity index (χ0) is 17.1. The Morgan fingerprint density at radius 2 is 1.80 bits per heavy atom. The molecule has 0 aliphatic rings. The minimum Gasteiger partial charge on any atom is -0.356 e. The molecule has 0 aliphatic carbocycles. The summed E-state index contributed by atoms with van der Waals surface area (Å²) < 4.78 is 7.40. The quantitative estimate of drug-likeness (QED) is 0.510. The number of rotatable bonds is 5. The first kappa shape index (κ1) is 15.6. The molecule has 0 unspecified atom stereocenters. The van der Waals surface area contributed by atoms with Gasteiger partial charge in [0.25, 0.3) is 0 Å². The van der Waals surface area contributed by atoms with Gasteiger partial charge in [0.05, 0.1) is 5.69 Å². The molecule has 1 aromatic carbocycles. The second-order valence-corrected chi connectivity index (χ2v) is 6.38. The fourth-order valence-corrected chi connectivity index (χ4v) is 3.24. The van der Waals surface area contributed by atoms with Gasteiger partial charge in [-0.25, -0.2) is 0 Å². The lowest BCUT2D eigenvalue weighted by Crippen LogP contribution is -1.95. The standard InChI is InChI=1S/C18H15N5OS/c1-23-17(14-7-9-19-10-8-14)20-21-18(23)25-12-15-11-16(24-22-15)13-5-3-2-4-6-13/h2-11H,12H2,1H3. The summed E-state index contributed by atoms with van der Waals surface area (Å²) in [4.78, 5) is 4.03. The topological polar surface area (TPSA) is 69.6 Å². The van der Waals surface area contributed by atoms with E-state index in [0.29, 0.717) is 5.75 Å². The Morgan fingerprint density at radius 3 is 2.60 bits per heavy atom. The van der Waals surface area contributed by atoms with E-state index in [0.717, 1.165) is 33.6 Å². The van der Waals surface area contributed by atoms with Gasteiger partial charge in [-0.1, -0.05) is 47.3 Å². The molecule has 0 atom stereocenters. The first-order valence-corrected chi connectivity index (χ1v) is 8.73. The van der Waals surface area contributed by atoms with Gasteiger partial charge in [0.2, 0.25) is 0 Å². The van der Waals surface area contributed by atoms with Crippen LogP contribution in [0, 0.1) is 0 Å². The lowest BCUT2D eigenvalue weighted by molar-refractivity contribution is 0.426. The van der Waals surface area contributed by atoms with Crippen LogP contribution in [-0.4, -0.2) is 24.9 Å². The van der Waals surface area contributed by atoms with Crippen molar-refractivity contribution in [1.82, 2.24) is 24.9 Å². The van der Waals surface area contributed by atoms with E-state index in [-0.39, 0.29) is 0 Å². The molecule has 0 fully saturated rings. The van der Waals surface area contributed by atoms with Gasteiger partial charge < -0.3 is 9.09 Å². The minimum atomic E-state index is 0.665. The van der Waals surface area contributed by atoms with Crippen molar-refractivity contribution in [3.05, 3.63) is 66.6 Å². The van der Waals surface area contributed by atoms with Gasteiger partial charge in [-0.3, -0.25) is 4.98 Å². The number of pyridine rings is 1. The number of hydrogen-bond acceptors (Lipinski definition) is 6. The van der Waals surface area contributed by atoms with E-state index < -0.39 is 0 Å². The third-order valence-corrected chi connectivity index (χ3v) is 4.79. The number of benzene rings is 1. The van der Waals surface area contributed by atoms with Crippen LogP contribution in [0.4, 0.5) is 0 Å². The fourth-order valence-electron chi connectivity index (χ4n) is 2.45. The summed E-state index contributed by atoms with van der Waals surface area (Å²) in [5.41, 5.74) is 2.88. The molecule has 3 heterocycles. The third-order valence-electron chi connectivity index (χ3n) is 3.74. The highest BCUT2D eigenvalue weighted by Gasteiger charge is 2.13. The molecule has 3 aromatic heterocycles. The summed E-state index contributed by atoms with van der Waals surface area (Å²) >= 11 is 1.58. The highest BCUT2D eigenvalue weighted by atomic mass is 32.2. The van der Waals surface area contributed by atoms with Crippen LogP contribution in [0.2, 0.25) is 0 Å². The Balaban J connectivity index is 1.48. The molecule has 0 spiro atoms. The SMILES string of the molecule is Cn1c(SCc2cc(-c3ccccc3)on2)nnc1-c1ccncc1. The Morgan fingerprint density at radius 1 is 1.00 bits per heavy atom. The molecule has 0 bridgehead atoms. The molecule has 124 valence electrons. The van der Waals surface area contributed by atoms with Crippen LogP contribution in [0.15, 0.2) is 70.6 Å². The largest absolute Gasteiger partial charge is 0.356 e. The maximum absolute atomic E-state index is 5.43. The first-order chi connectivity index (χ1) is 12.3. The van der Waals surface area contributed by atoms with Crippen LogP contribution in [0.5, 0.6) is 0 Å². The molecule has 4 aromatic rings. The molecule has 6 nitrogen and oxygen atoms in total. The van der Waals surface area contributed by atoms with Gasteiger partial charge in [-0.05, 0) is 12.1 Å². The van der Waals surface area contributed by atoms with Crippen molar-refractivity contribution in [2.75, 3.05) is 0 Å². The Bertz CT molecular complexity index is 966. The number of thioether (sulfide) groups is 1. The summed E-state index contributed by atoms with van der Waals surface area (Å²) in [5, 5.41) is 13.5. The number of hydrogen-bond donors (Lipinski definition) is 0. The second-order valence-electron chi connectivity index (χ2n) is 5.44. The highest BCUT2D eigenvalue weighted by molar-refractivity contribution is 7.98. The summed E-state index contributed by atoms with van der Waals surface area (Å²) in [7, 11) is 1.95. The summed E-state index contributed by atoms with van der Waals surface area (Å²) in [5.74, 6) is 2.25. The van der Waals surface area contributed by atoms with Crippen molar-refractivity contribution < 1.29 is 4.52 Å². The van der Waals surface area contributed by atoms with E-state index >= 15 is 0 Å². The average Bonchev–Trinajstić information content (AvgIpc) is 3.28. The van der Waals surface area contributed by atoms with Gasteiger partial charge in [0.1, 0.15) is 0 Å². The zero-order valence-electron chi connectivity index (χ0n) is 13.5. The van der Waals surface area contributed by atoms with Crippen LogP contribution in [0.1, 0.15) is 5.69 Å². The second kappa shape index (κ2) is 6.90. The molecule has 7 heteroatoms. The van der Waals surface area contributed by atoms with E-state index in [1.54, 1.807) is 24.2 Å². The van der Waals surface area contributed by atoms with Crippen molar-refractivity contribution in [3.8, 4) is 22.7 Å². The van der Waals surface area contributed by atoms with Gasteiger partial charge in [0.15, 0.2) is 16.7 Å². The van der Waals surface area contributed by atoms with Crippen molar-refractivity contribution in [3.63, 3.8) is 0 Å². The van der Waals surface area contributed by atoms with E-state index in [9.17, 15) is 0 Å². The van der Waals surface area contributed by atoms with Gasteiger partial charge in [0, 0.05) is 42.4 Å². The van der Waals surface area contributed by atoms with E-state index in [1.165, 1.54) is 0 Å². The third kappa shape index (κ3) is 3.32. The van der Waals surface area contributed by atoms with E-state index in [2.05, 4.69) is 20.3 Å². The minimum absolute atomic E-state index is 0.665. The molecule has 4 rings (SSSR count). The van der Waals surface area contributed by atoms with Gasteiger partial charge in [-0.15, -0.1) is 10.2 Å². The Hall–Kier alpha value is -2.93. The Labute approximate surface area is 148 Å². The highest BCUT2D eigenvalue weighted by Crippen LogP contribution is 2.26. The summed E-state index contributed by atoms with van der Waals surface area (Å²) in [6, 6.07) is 15.7. The molecular formula is C18H15N5OS. The fraction of sp³-hybridized carbons (Fsp3) is 0.111. The monoisotopic (exact) mass is 349 g/mol. The molecule has 25 heavy (non-hydrogen) atoms. The molecule has 0 aliphatic heterocycles. The number of nitrogens with zero attached hydrogens (tertiary/aromatic N) is 5. The first-order valence-electron chi connectivity index (χ1n) is 7.75. The maximum Gasteiger partial charge on any atom is 0.191 e. The van der Waals surface area contributed by atoms with Gasteiger partial charge >= 0.3 is 0 Å². The van der Waals surface area contributed by atoms with Crippen LogP contribution < -0.4 is 0 Å². The normalized spacial score (nSPS) is 10.9. The zero-order valence-corrected chi connectivity index (χ0v) is 14.3. The predicted octanol–water partition coefficient (Wildman–Crippen LogP) is 3.82. The van der Waals surface area contributed by atoms with Crippen LogP contribution in [0.3, 0.4) is 0 Å². The molecule has 0 saturated carbocycles. The maximum atomic E-state index is 5.43. The Kier molecular flexibility index (Phi) is 4.30. The van der Waals surface area contributed by atoms with Gasteiger partial charge in [-0.2, -0.15) is 0 Å². The molecule has 0 radical (unpaired) electrons. The summed E-state index contributed by atoms with van der Waals surface area (Å²) in [6.45, 7) is 0. The lowest BCUT2D eigenvalue weighted by atomic mass is 10.2. The van der Waals surface area contributed by atoms with Crippen LogP contribution in [-0.2, 0) is 12.8 Å². The smallest absolute Gasteiger partial charge is 0.191 e. The van der Waals surface area contributed by atoms with E-state index in [1.807, 2.05) is 60.1 Å². The van der Waals surface area contributed by atoms with Crippen LogP contribution >= 0.6 is 11.8 Å². The van der Waals surface area contributed by atoms with Crippen molar-refractivity contribution in [1.29, 1.82) is 0 Å².